The van der Waals surface area contributed by atoms with Crippen molar-refractivity contribution in [3.05, 3.63) is 0 Å². The lowest BCUT2D eigenvalue weighted by Crippen LogP contribution is -2.47. The molecular weight excluding hydrogens is 172 g/mol. The van der Waals surface area contributed by atoms with Gasteiger partial charge in [0.2, 0.25) is 0 Å². The largest absolute Gasteiger partial charge is 0.389 e. The van der Waals surface area contributed by atoms with Gasteiger partial charge < -0.3 is 5.11 Å². The van der Waals surface area contributed by atoms with Crippen molar-refractivity contribution in [3.63, 3.8) is 0 Å². The maximum atomic E-state index is 10.6. The standard InChI is InChI=1S/C13H26O/c1-4-5-6-10-13(14)11-8-7-9-12(13,2)3/h14H,4-11H2,1-3H3. The quantitative estimate of drug-likeness (QED) is 0.679. The molecule has 14 heavy (non-hydrogen) atoms. The topological polar surface area (TPSA) is 20.2 Å². The van der Waals surface area contributed by atoms with E-state index in [1.807, 2.05) is 0 Å². The van der Waals surface area contributed by atoms with Crippen LogP contribution in [0.25, 0.3) is 0 Å². The average Bonchev–Trinajstić information content (AvgIpc) is 2.11. The second-order valence-corrected chi connectivity index (χ2v) is 5.58. The Morgan fingerprint density at radius 1 is 1.07 bits per heavy atom. The van der Waals surface area contributed by atoms with Crippen molar-refractivity contribution in [1.29, 1.82) is 0 Å². The average molecular weight is 198 g/mol. The smallest absolute Gasteiger partial charge is 0.0698 e. The van der Waals surface area contributed by atoms with E-state index >= 15 is 0 Å². The number of aliphatic hydroxyl groups is 1. The van der Waals surface area contributed by atoms with Gasteiger partial charge in [0.05, 0.1) is 5.60 Å². The summed E-state index contributed by atoms with van der Waals surface area (Å²) >= 11 is 0. The third kappa shape index (κ3) is 2.50. The second-order valence-electron chi connectivity index (χ2n) is 5.58. The van der Waals surface area contributed by atoms with E-state index in [2.05, 4.69) is 20.8 Å². The van der Waals surface area contributed by atoms with Crippen LogP contribution in [0.1, 0.15) is 72.1 Å². The molecule has 0 radical (unpaired) electrons. The predicted molar refractivity (Wildman–Crippen MR) is 61.3 cm³/mol. The highest BCUT2D eigenvalue weighted by molar-refractivity contribution is 4.95. The Bertz CT molecular complexity index is 174. The number of hydrogen-bond donors (Lipinski definition) is 1. The highest BCUT2D eigenvalue weighted by Crippen LogP contribution is 2.46. The van der Waals surface area contributed by atoms with Crippen molar-refractivity contribution in [2.75, 3.05) is 0 Å². The number of rotatable bonds is 4. The summed E-state index contributed by atoms with van der Waals surface area (Å²) in [7, 11) is 0. The zero-order chi connectivity index (χ0) is 10.7. The van der Waals surface area contributed by atoms with E-state index < -0.39 is 0 Å². The molecular formula is C13H26O. The first-order chi connectivity index (χ1) is 6.52. The zero-order valence-electron chi connectivity index (χ0n) is 10.1. The van der Waals surface area contributed by atoms with Gasteiger partial charge in [-0.2, -0.15) is 0 Å². The molecule has 1 nitrogen and oxygen atoms in total. The molecule has 84 valence electrons. The van der Waals surface area contributed by atoms with Gasteiger partial charge in [0.25, 0.3) is 0 Å². The van der Waals surface area contributed by atoms with E-state index in [0.717, 1.165) is 12.8 Å². The first kappa shape index (κ1) is 12.0. The molecule has 1 fully saturated rings. The van der Waals surface area contributed by atoms with Crippen molar-refractivity contribution < 1.29 is 5.11 Å². The lowest BCUT2D eigenvalue weighted by Gasteiger charge is -2.46. The van der Waals surface area contributed by atoms with Crippen LogP contribution in [0.3, 0.4) is 0 Å². The molecule has 1 rings (SSSR count). The molecule has 0 aromatic carbocycles. The van der Waals surface area contributed by atoms with Crippen LogP contribution in [0.15, 0.2) is 0 Å². The van der Waals surface area contributed by atoms with Gasteiger partial charge >= 0.3 is 0 Å². The minimum absolute atomic E-state index is 0.138. The maximum Gasteiger partial charge on any atom is 0.0698 e. The Morgan fingerprint density at radius 2 is 1.71 bits per heavy atom. The molecule has 0 saturated heterocycles. The van der Waals surface area contributed by atoms with Gasteiger partial charge in [-0.3, -0.25) is 0 Å². The van der Waals surface area contributed by atoms with Crippen LogP contribution in [0.5, 0.6) is 0 Å². The highest BCUT2D eigenvalue weighted by Gasteiger charge is 2.44. The summed E-state index contributed by atoms with van der Waals surface area (Å²) in [6.45, 7) is 6.69. The molecule has 0 aromatic heterocycles. The minimum Gasteiger partial charge on any atom is -0.389 e. The van der Waals surface area contributed by atoms with E-state index in [4.69, 9.17) is 0 Å². The van der Waals surface area contributed by atoms with Crippen molar-refractivity contribution >= 4 is 0 Å². The first-order valence-electron chi connectivity index (χ1n) is 6.24. The molecule has 1 aliphatic carbocycles. The Morgan fingerprint density at radius 3 is 2.29 bits per heavy atom. The molecule has 0 heterocycles. The molecule has 0 aromatic rings. The summed E-state index contributed by atoms with van der Waals surface area (Å²) in [4.78, 5) is 0. The fourth-order valence-electron chi connectivity index (χ4n) is 2.69. The van der Waals surface area contributed by atoms with Gasteiger partial charge in [0.1, 0.15) is 0 Å². The lowest BCUT2D eigenvalue weighted by atomic mass is 9.63. The van der Waals surface area contributed by atoms with Crippen LogP contribution >= 0.6 is 0 Å². The van der Waals surface area contributed by atoms with Crippen LogP contribution < -0.4 is 0 Å². The van der Waals surface area contributed by atoms with Gasteiger partial charge in [-0.05, 0) is 24.7 Å². The Labute approximate surface area is 88.9 Å². The summed E-state index contributed by atoms with van der Waals surface area (Å²) < 4.78 is 0. The molecule has 0 aliphatic heterocycles. The normalized spacial score (nSPS) is 31.7. The maximum absolute atomic E-state index is 10.6. The third-order valence-electron chi connectivity index (χ3n) is 4.10. The van der Waals surface area contributed by atoms with Crippen molar-refractivity contribution in [1.82, 2.24) is 0 Å². The lowest BCUT2D eigenvalue weighted by molar-refractivity contribution is -0.103. The molecule has 1 heteroatoms. The van der Waals surface area contributed by atoms with Gasteiger partial charge in [-0.1, -0.05) is 52.9 Å². The van der Waals surface area contributed by atoms with Crippen molar-refractivity contribution in [2.45, 2.75) is 77.7 Å². The third-order valence-corrected chi connectivity index (χ3v) is 4.10. The molecule has 1 unspecified atom stereocenters. The molecule has 0 bridgehead atoms. The van der Waals surface area contributed by atoms with E-state index in [1.54, 1.807) is 0 Å². The van der Waals surface area contributed by atoms with E-state index in [-0.39, 0.29) is 11.0 Å². The van der Waals surface area contributed by atoms with Gasteiger partial charge in [-0.25, -0.2) is 0 Å². The Kier molecular flexibility index (Phi) is 4.00. The van der Waals surface area contributed by atoms with Crippen LogP contribution in [-0.4, -0.2) is 10.7 Å². The molecule has 0 spiro atoms. The molecule has 0 amide bonds. The van der Waals surface area contributed by atoms with Crippen molar-refractivity contribution in [3.8, 4) is 0 Å². The van der Waals surface area contributed by atoms with Crippen LogP contribution in [-0.2, 0) is 0 Å². The number of hydrogen-bond acceptors (Lipinski definition) is 1. The van der Waals surface area contributed by atoms with Crippen LogP contribution in [0, 0.1) is 5.41 Å². The highest BCUT2D eigenvalue weighted by atomic mass is 16.3. The van der Waals surface area contributed by atoms with Crippen LogP contribution in [0.4, 0.5) is 0 Å². The monoisotopic (exact) mass is 198 g/mol. The fraction of sp³-hybridized carbons (Fsp3) is 1.00. The number of unbranched alkanes of at least 4 members (excludes halogenated alkanes) is 2. The summed E-state index contributed by atoms with van der Waals surface area (Å²) in [6, 6.07) is 0. The fourth-order valence-corrected chi connectivity index (χ4v) is 2.69. The van der Waals surface area contributed by atoms with Crippen LogP contribution in [0.2, 0.25) is 0 Å². The Hall–Kier alpha value is -0.0400. The molecule has 1 N–H and O–H groups in total. The van der Waals surface area contributed by atoms with Gasteiger partial charge in [0.15, 0.2) is 0 Å². The summed E-state index contributed by atoms with van der Waals surface area (Å²) in [6.07, 6.45) is 9.42. The summed E-state index contributed by atoms with van der Waals surface area (Å²) in [5.41, 5.74) is -0.237. The van der Waals surface area contributed by atoms with E-state index in [0.29, 0.717) is 0 Å². The van der Waals surface area contributed by atoms with E-state index in [1.165, 1.54) is 38.5 Å². The van der Waals surface area contributed by atoms with Crippen molar-refractivity contribution in [2.24, 2.45) is 5.41 Å². The first-order valence-corrected chi connectivity index (χ1v) is 6.24. The SMILES string of the molecule is CCCCCC1(O)CCCCC1(C)C. The minimum atomic E-state index is -0.375. The molecule has 1 aliphatic rings. The Balaban J connectivity index is 2.51. The summed E-state index contributed by atoms with van der Waals surface area (Å²) in [5, 5.41) is 10.6. The van der Waals surface area contributed by atoms with E-state index in [9.17, 15) is 5.11 Å². The second kappa shape index (κ2) is 4.65. The van der Waals surface area contributed by atoms with Gasteiger partial charge in [0, 0.05) is 0 Å². The predicted octanol–water partition coefficient (Wildman–Crippen LogP) is 3.90. The zero-order valence-corrected chi connectivity index (χ0v) is 10.1. The molecule has 1 saturated carbocycles. The van der Waals surface area contributed by atoms with Gasteiger partial charge in [-0.15, -0.1) is 0 Å². The molecule has 1 atom stereocenters. The summed E-state index contributed by atoms with van der Waals surface area (Å²) in [5.74, 6) is 0.